The van der Waals surface area contributed by atoms with Crippen molar-refractivity contribution in [3.05, 3.63) is 0 Å². The molecule has 8 heteroatoms. The minimum atomic E-state index is -3.42. The molecule has 1 aliphatic heterocycles. The second kappa shape index (κ2) is 8.42. The van der Waals surface area contributed by atoms with Crippen molar-refractivity contribution in [1.82, 2.24) is 15.5 Å². The predicted molar refractivity (Wildman–Crippen MR) is 132 cm³/mol. The van der Waals surface area contributed by atoms with Gasteiger partial charge in [-0.05, 0) is 56.3 Å². The lowest BCUT2D eigenvalue weighted by molar-refractivity contribution is -0.135. The number of urea groups is 1. The monoisotopic (exact) mass is 483 g/mol. The molecule has 0 aromatic carbocycles. The van der Waals surface area contributed by atoms with Crippen LogP contribution in [0.4, 0.5) is 4.79 Å². The molecule has 190 valence electrons. The Hall–Kier alpha value is -1.31. The van der Waals surface area contributed by atoms with Crippen molar-refractivity contribution in [2.45, 2.75) is 104 Å². The van der Waals surface area contributed by atoms with Crippen LogP contribution in [0.25, 0.3) is 0 Å². The van der Waals surface area contributed by atoms with E-state index in [-0.39, 0.29) is 11.7 Å². The molecule has 3 fully saturated rings. The number of hydrogen-bond acceptors (Lipinski definition) is 4. The average Bonchev–Trinajstić information content (AvgIpc) is 3.00. The van der Waals surface area contributed by atoms with Crippen molar-refractivity contribution < 1.29 is 18.0 Å². The van der Waals surface area contributed by atoms with Crippen LogP contribution in [-0.2, 0) is 14.6 Å². The summed E-state index contributed by atoms with van der Waals surface area (Å²) in [6, 6.07) is -1.11. The van der Waals surface area contributed by atoms with Crippen LogP contribution in [0, 0.1) is 22.7 Å². The van der Waals surface area contributed by atoms with Crippen molar-refractivity contribution in [2.24, 2.45) is 22.7 Å². The van der Waals surface area contributed by atoms with Gasteiger partial charge >= 0.3 is 6.03 Å². The van der Waals surface area contributed by atoms with E-state index in [2.05, 4.69) is 24.5 Å². The maximum atomic E-state index is 13.4. The number of nitrogens with one attached hydrogen (secondary N) is 2. The molecule has 0 radical (unpaired) electrons. The predicted octanol–water partition coefficient (Wildman–Crippen LogP) is 3.73. The van der Waals surface area contributed by atoms with E-state index in [0.717, 1.165) is 32.4 Å². The van der Waals surface area contributed by atoms with Gasteiger partial charge in [-0.2, -0.15) is 0 Å². The van der Waals surface area contributed by atoms with Crippen molar-refractivity contribution in [1.29, 1.82) is 0 Å². The molecule has 0 unspecified atom stereocenters. The van der Waals surface area contributed by atoms with Gasteiger partial charge < -0.3 is 15.5 Å². The van der Waals surface area contributed by atoms with E-state index < -0.39 is 37.6 Å². The minimum Gasteiger partial charge on any atom is -0.340 e. The zero-order valence-electron chi connectivity index (χ0n) is 21.9. The van der Waals surface area contributed by atoms with Crippen LogP contribution >= 0.6 is 0 Å². The number of sulfone groups is 1. The first-order chi connectivity index (χ1) is 14.9. The van der Waals surface area contributed by atoms with Crippen LogP contribution in [0.5, 0.6) is 0 Å². The summed E-state index contributed by atoms with van der Waals surface area (Å²) in [5.74, 6) is 0.976. The maximum absolute atomic E-state index is 13.4. The first-order valence-electron chi connectivity index (χ1n) is 12.5. The minimum absolute atomic E-state index is 0.0411. The second-order valence-electron chi connectivity index (χ2n) is 13.4. The van der Waals surface area contributed by atoms with Crippen LogP contribution in [0.15, 0.2) is 0 Å². The van der Waals surface area contributed by atoms with Crippen LogP contribution in [-0.4, -0.2) is 60.4 Å². The Morgan fingerprint density at radius 3 is 1.94 bits per heavy atom. The molecule has 0 aromatic heterocycles. The summed E-state index contributed by atoms with van der Waals surface area (Å²) >= 11 is 0. The SMILES string of the molecule is CC(C)(C)[C@H](NC(=O)NC1(CS(=O)(=O)C(C)(C)C)CCCCC1)C(=O)N1C[C@@H]2[C@H](C1)C2(C)C. The van der Waals surface area contributed by atoms with E-state index in [1.807, 2.05) is 25.7 Å². The van der Waals surface area contributed by atoms with Gasteiger partial charge in [-0.25, -0.2) is 13.2 Å². The van der Waals surface area contributed by atoms with Crippen molar-refractivity contribution in [3.8, 4) is 0 Å². The number of amides is 3. The highest BCUT2D eigenvalue weighted by Crippen LogP contribution is 2.62. The smallest absolute Gasteiger partial charge is 0.315 e. The molecule has 1 heterocycles. The van der Waals surface area contributed by atoms with E-state index in [0.29, 0.717) is 30.1 Å². The zero-order valence-corrected chi connectivity index (χ0v) is 22.7. The molecule has 3 rings (SSSR count). The van der Waals surface area contributed by atoms with Gasteiger partial charge in [0.25, 0.3) is 0 Å². The van der Waals surface area contributed by atoms with Gasteiger partial charge in [-0.1, -0.05) is 53.9 Å². The third-order valence-corrected chi connectivity index (χ3v) is 11.2. The fraction of sp³-hybridized carbons (Fsp3) is 0.920. The molecule has 2 N–H and O–H groups in total. The lowest BCUT2D eigenvalue weighted by Gasteiger charge is -2.41. The molecule has 3 aliphatic rings. The topological polar surface area (TPSA) is 95.6 Å². The first kappa shape index (κ1) is 26.3. The van der Waals surface area contributed by atoms with Gasteiger partial charge in [-0.3, -0.25) is 4.79 Å². The molecular weight excluding hydrogens is 438 g/mol. The molecule has 2 saturated carbocycles. The Morgan fingerprint density at radius 2 is 1.48 bits per heavy atom. The quantitative estimate of drug-likeness (QED) is 0.623. The van der Waals surface area contributed by atoms with Gasteiger partial charge in [0.2, 0.25) is 5.91 Å². The highest BCUT2D eigenvalue weighted by Gasteiger charge is 2.63. The summed E-state index contributed by atoms with van der Waals surface area (Å²) in [6.07, 6.45) is 4.07. The summed E-state index contributed by atoms with van der Waals surface area (Å²) in [7, 11) is -3.42. The van der Waals surface area contributed by atoms with Crippen LogP contribution in [0.2, 0.25) is 0 Å². The van der Waals surface area contributed by atoms with E-state index in [1.165, 1.54) is 0 Å². The van der Waals surface area contributed by atoms with Crippen molar-refractivity contribution >= 4 is 21.8 Å². The van der Waals surface area contributed by atoms with Gasteiger partial charge in [0.1, 0.15) is 6.04 Å². The van der Waals surface area contributed by atoms with Crippen LogP contribution < -0.4 is 10.6 Å². The molecule has 3 amide bonds. The number of carbonyl (C=O) groups excluding carboxylic acids is 2. The Kier molecular flexibility index (Phi) is 6.71. The zero-order chi connectivity index (χ0) is 25.0. The molecule has 1 saturated heterocycles. The second-order valence-corrected chi connectivity index (χ2v) is 16.1. The summed E-state index contributed by atoms with van der Waals surface area (Å²) in [6.45, 7) is 17.0. The number of likely N-dealkylation sites (tertiary alicyclic amines) is 1. The third-order valence-electron chi connectivity index (χ3n) is 8.41. The van der Waals surface area contributed by atoms with E-state index in [1.54, 1.807) is 20.8 Å². The van der Waals surface area contributed by atoms with Gasteiger partial charge in [-0.15, -0.1) is 0 Å². The Labute approximate surface area is 200 Å². The maximum Gasteiger partial charge on any atom is 0.315 e. The largest absolute Gasteiger partial charge is 0.340 e. The highest BCUT2D eigenvalue weighted by molar-refractivity contribution is 7.92. The molecule has 2 aliphatic carbocycles. The third kappa shape index (κ3) is 5.35. The molecular formula is C25H45N3O4S. The van der Waals surface area contributed by atoms with E-state index in [4.69, 9.17) is 0 Å². The first-order valence-corrected chi connectivity index (χ1v) is 14.1. The Bertz CT molecular complexity index is 862. The van der Waals surface area contributed by atoms with Crippen molar-refractivity contribution in [2.75, 3.05) is 18.8 Å². The fourth-order valence-corrected chi connectivity index (χ4v) is 7.19. The molecule has 3 atom stereocenters. The molecule has 33 heavy (non-hydrogen) atoms. The standard InChI is InChI=1S/C25H45N3O4S/c1-22(2,3)19(20(29)28-14-17-18(15-28)24(17,7)8)26-21(30)27-25(12-10-9-11-13-25)16-33(31,32)23(4,5)6/h17-19H,9-16H2,1-8H3,(H2,26,27,30)/t17-,18+,19-/m1/s1. The molecule has 7 nitrogen and oxygen atoms in total. The lowest BCUT2D eigenvalue weighted by Crippen LogP contribution is -2.62. The molecule has 0 spiro atoms. The summed E-state index contributed by atoms with van der Waals surface area (Å²) in [5, 5.41) is 5.98. The summed E-state index contributed by atoms with van der Waals surface area (Å²) in [4.78, 5) is 28.5. The molecule has 0 aromatic rings. The fourth-order valence-electron chi connectivity index (χ4n) is 5.67. The van der Waals surface area contributed by atoms with Gasteiger partial charge in [0.05, 0.1) is 16.0 Å². The summed E-state index contributed by atoms with van der Waals surface area (Å²) in [5.41, 5.74) is -0.947. The highest BCUT2D eigenvalue weighted by atomic mass is 32.2. The Morgan fingerprint density at radius 1 is 0.970 bits per heavy atom. The number of nitrogens with zero attached hydrogens (tertiary/aromatic N) is 1. The van der Waals surface area contributed by atoms with E-state index >= 15 is 0 Å². The van der Waals surface area contributed by atoms with Gasteiger partial charge in [0.15, 0.2) is 9.84 Å². The lowest BCUT2D eigenvalue weighted by atomic mass is 9.83. The Balaban J connectivity index is 1.72. The number of hydrogen-bond donors (Lipinski definition) is 2. The normalized spacial score (nSPS) is 27.5. The molecule has 0 bridgehead atoms. The average molecular weight is 484 g/mol. The number of carbonyl (C=O) groups is 2. The van der Waals surface area contributed by atoms with E-state index in [9.17, 15) is 18.0 Å². The van der Waals surface area contributed by atoms with Gasteiger partial charge in [0, 0.05) is 13.1 Å². The number of rotatable bonds is 5. The number of piperidine rings is 1. The summed E-state index contributed by atoms with van der Waals surface area (Å²) < 4.78 is 25.2. The van der Waals surface area contributed by atoms with Crippen molar-refractivity contribution in [3.63, 3.8) is 0 Å². The number of fused-ring (bicyclic) bond motifs is 1. The van der Waals surface area contributed by atoms with Crippen LogP contribution in [0.1, 0.15) is 87.5 Å². The van der Waals surface area contributed by atoms with Crippen LogP contribution in [0.3, 0.4) is 0 Å².